The summed E-state index contributed by atoms with van der Waals surface area (Å²) in [6, 6.07) is 4.20. The molecule has 11 heteroatoms. The molecular weight excluding hydrogens is 471 g/mol. The number of rotatable bonds is 10. The molecule has 198 valence electrons. The van der Waals surface area contributed by atoms with Crippen molar-refractivity contribution in [2.45, 2.75) is 64.1 Å². The van der Waals surface area contributed by atoms with Crippen LogP contribution in [0.15, 0.2) is 18.2 Å². The first-order valence-electron chi connectivity index (χ1n) is 12.9. The molecule has 1 aliphatic carbocycles. The van der Waals surface area contributed by atoms with Gasteiger partial charge in [-0.25, -0.2) is 0 Å². The van der Waals surface area contributed by atoms with Crippen molar-refractivity contribution in [1.29, 1.82) is 0 Å². The van der Waals surface area contributed by atoms with Crippen molar-refractivity contribution in [2.75, 3.05) is 49.2 Å². The number of halogens is 3. The number of alkyl halides is 3. The first-order chi connectivity index (χ1) is 17.4. The number of benzene rings is 1. The minimum atomic E-state index is -4.55. The van der Waals surface area contributed by atoms with Crippen molar-refractivity contribution < 1.29 is 17.9 Å². The van der Waals surface area contributed by atoms with Crippen molar-refractivity contribution in [3.05, 3.63) is 23.8 Å². The quantitative estimate of drug-likeness (QED) is 0.387. The normalized spacial score (nSPS) is 19.3. The highest BCUT2D eigenvalue weighted by Gasteiger charge is 2.34. The van der Waals surface area contributed by atoms with Crippen molar-refractivity contribution >= 4 is 23.5 Å². The maximum atomic E-state index is 13.5. The summed E-state index contributed by atoms with van der Waals surface area (Å²) < 4.78 is 45.4. The number of hydrogen-bond donors (Lipinski definition) is 3. The van der Waals surface area contributed by atoms with Gasteiger partial charge in [-0.15, -0.1) is 0 Å². The number of anilines is 4. The van der Waals surface area contributed by atoms with Gasteiger partial charge >= 0.3 is 6.18 Å². The molecule has 2 aromatic rings. The first kappa shape index (κ1) is 26.2. The van der Waals surface area contributed by atoms with E-state index in [1.54, 1.807) is 0 Å². The van der Waals surface area contributed by atoms with Crippen LogP contribution in [0.1, 0.15) is 57.4 Å². The molecule has 1 aliphatic heterocycles. The summed E-state index contributed by atoms with van der Waals surface area (Å²) in [6.07, 6.45) is 3.82. The Labute approximate surface area is 210 Å². The standard InChI is InChI=1S/C25H36F3N7O/c1-3-35-13-7-10-19(35)16-30-23-32-22(29-15-17-8-5-4-6-9-17)33-24(34-23)31-18-11-12-21(36-2)20(14-18)25(26,27)28/h11-12,14,17,19H,3-10,13,15-16H2,1-2H3,(H3,29,30,31,32,33,34). The van der Waals surface area contributed by atoms with Crippen LogP contribution in [0, 0.1) is 5.92 Å². The van der Waals surface area contributed by atoms with Gasteiger partial charge in [0.05, 0.1) is 12.7 Å². The largest absolute Gasteiger partial charge is 0.496 e. The Kier molecular flexibility index (Phi) is 8.71. The highest BCUT2D eigenvalue weighted by molar-refractivity contribution is 5.59. The summed E-state index contributed by atoms with van der Waals surface area (Å²) in [6.45, 7) is 5.68. The molecule has 0 radical (unpaired) electrons. The predicted molar refractivity (Wildman–Crippen MR) is 135 cm³/mol. The molecule has 0 spiro atoms. The number of likely N-dealkylation sites (tertiary alicyclic amines) is 1. The van der Waals surface area contributed by atoms with Crippen molar-refractivity contribution in [3.63, 3.8) is 0 Å². The Morgan fingerprint density at radius 3 is 2.31 bits per heavy atom. The van der Waals surface area contributed by atoms with Crippen LogP contribution in [-0.4, -0.2) is 59.2 Å². The van der Waals surface area contributed by atoms with Gasteiger partial charge in [0.15, 0.2) is 0 Å². The van der Waals surface area contributed by atoms with E-state index < -0.39 is 11.7 Å². The van der Waals surface area contributed by atoms with Crippen molar-refractivity contribution in [2.24, 2.45) is 5.92 Å². The summed E-state index contributed by atoms with van der Waals surface area (Å²) >= 11 is 0. The fourth-order valence-corrected chi connectivity index (χ4v) is 5.10. The van der Waals surface area contributed by atoms with E-state index in [0.717, 1.165) is 38.5 Å². The van der Waals surface area contributed by atoms with E-state index in [-0.39, 0.29) is 17.4 Å². The van der Waals surface area contributed by atoms with Gasteiger partial charge in [0.2, 0.25) is 17.8 Å². The summed E-state index contributed by atoms with van der Waals surface area (Å²) in [4.78, 5) is 15.9. The maximum absolute atomic E-state index is 13.5. The Morgan fingerprint density at radius 2 is 1.64 bits per heavy atom. The maximum Gasteiger partial charge on any atom is 0.420 e. The summed E-state index contributed by atoms with van der Waals surface area (Å²) in [7, 11) is 1.22. The van der Waals surface area contributed by atoms with E-state index in [4.69, 9.17) is 4.74 Å². The van der Waals surface area contributed by atoms with Gasteiger partial charge in [-0.2, -0.15) is 28.1 Å². The second kappa shape index (κ2) is 11.9. The van der Waals surface area contributed by atoms with Crippen LogP contribution in [0.4, 0.5) is 36.7 Å². The molecular formula is C25H36F3N7O. The molecule has 1 atom stereocenters. The Hall–Kier alpha value is -2.82. The number of hydrogen-bond acceptors (Lipinski definition) is 8. The second-order valence-electron chi connectivity index (χ2n) is 9.53. The lowest BCUT2D eigenvalue weighted by atomic mass is 9.89. The monoisotopic (exact) mass is 507 g/mol. The smallest absolute Gasteiger partial charge is 0.420 e. The van der Waals surface area contributed by atoms with E-state index in [0.29, 0.717) is 30.4 Å². The van der Waals surface area contributed by atoms with Gasteiger partial charge in [-0.05, 0) is 62.9 Å². The molecule has 2 aliphatic rings. The van der Waals surface area contributed by atoms with Crippen LogP contribution in [-0.2, 0) is 6.18 Å². The zero-order valence-corrected chi connectivity index (χ0v) is 21.0. The Morgan fingerprint density at radius 1 is 0.944 bits per heavy atom. The van der Waals surface area contributed by atoms with Gasteiger partial charge in [-0.1, -0.05) is 26.2 Å². The number of aromatic nitrogens is 3. The number of ether oxygens (including phenoxy) is 1. The molecule has 0 bridgehead atoms. The molecule has 1 unspecified atom stereocenters. The molecule has 2 fully saturated rings. The first-order valence-corrected chi connectivity index (χ1v) is 12.9. The predicted octanol–water partition coefficient (Wildman–Crippen LogP) is 5.53. The summed E-state index contributed by atoms with van der Waals surface area (Å²) in [5.41, 5.74) is -0.648. The second-order valence-corrected chi connectivity index (χ2v) is 9.53. The van der Waals surface area contributed by atoms with E-state index >= 15 is 0 Å². The lowest BCUT2D eigenvalue weighted by Crippen LogP contribution is -2.35. The highest BCUT2D eigenvalue weighted by Crippen LogP contribution is 2.38. The number of methoxy groups -OCH3 is 1. The fourth-order valence-electron chi connectivity index (χ4n) is 5.10. The van der Waals surface area contributed by atoms with Gasteiger partial charge in [-0.3, -0.25) is 4.90 Å². The molecule has 4 rings (SSSR count). The van der Waals surface area contributed by atoms with E-state index in [9.17, 15) is 13.2 Å². The minimum Gasteiger partial charge on any atom is -0.496 e. The number of nitrogens with one attached hydrogen (secondary N) is 3. The average Bonchev–Trinajstić information content (AvgIpc) is 3.34. The third-order valence-electron chi connectivity index (χ3n) is 7.07. The van der Waals surface area contributed by atoms with Crippen LogP contribution in [0.3, 0.4) is 0 Å². The number of nitrogens with zero attached hydrogens (tertiary/aromatic N) is 4. The molecule has 1 saturated carbocycles. The molecule has 0 amide bonds. The molecule has 3 N–H and O–H groups in total. The van der Waals surface area contributed by atoms with E-state index in [1.165, 1.54) is 51.3 Å². The SMILES string of the molecule is CCN1CCCC1CNc1nc(NCC2CCCCC2)nc(Nc2ccc(OC)c(C(F)(F)F)c2)n1. The Bertz CT molecular complexity index is 998. The molecule has 1 aromatic heterocycles. The minimum absolute atomic E-state index is 0.177. The van der Waals surface area contributed by atoms with Gasteiger partial charge in [0.25, 0.3) is 0 Å². The van der Waals surface area contributed by atoms with Crippen LogP contribution in [0.5, 0.6) is 5.75 Å². The molecule has 36 heavy (non-hydrogen) atoms. The van der Waals surface area contributed by atoms with E-state index in [2.05, 4.69) is 42.7 Å². The van der Waals surface area contributed by atoms with Crippen molar-refractivity contribution in [1.82, 2.24) is 19.9 Å². The summed E-state index contributed by atoms with van der Waals surface area (Å²) in [5.74, 6) is 1.31. The van der Waals surface area contributed by atoms with Gasteiger partial charge < -0.3 is 20.7 Å². The van der Waals surface area contributed by atoms with E-state index in [1.807, 2.05) is 0 Å². The zero-order chi connectivity index (χ0) is 25.5. The van der Waals surface area contributed by atoms with Crippen LogP contribution >= 0.6 is 0 Å². The number of likely N-dealkylation sites (N-methyl/N-ethyl adjacent to an activating group) is 1. The lowest BCUT2D eigenvalue weighted by molar-refractivity contribution is -0.138. The molecule has 1 aromatic carbocycles. The molecule has 1 saturated heterocycles. The molecule has 2 heterocycles. The fraction of sp³-hybridized carbons (Fsp3) is 0.640. The van der Waals surface area contributed by atoms with Crippen LogP contribution in [0.2, 0.25) is 0 Å². The Balaban J connectivity index is 1.53. The average molecular weight is 508 g/mol. The van der Waals surface area contributed by atoms with Crippen molar-refractivity contribution in [3.8, 4) is 5.75 Å². The topological polar surface area (TPSA) is 87.2 Å². The van der Waals surface area contributed by atoms with Crippen LogP contribution < -0.4 is 20.7 Å². The zero-order valence-electron chi connectivity index (χ0n) is 21.0. The third-order valence-corrected chi connectivity index (χ3v) is 7.07. The highest BCUT2D eigenvalue weighted by atomic mass is 19.4. The van der Waals surface area contributed by atoms with Crippen LogP contribution in [0.25, 0.3) is 0 Å². The van der Waals surface area contributed by atoms with Gasteiger partial charge in [0.1, 0.15) is 5.75 Å². The lowest BCUT2D eigenvalue weighted by Gasteiger charge is -2.23. The third kappa shape index (κ3) is 6.89. The summed E-state index contributed by atoms with van der Waals surface area (Å²) in [5, 5.41) is 9.58. The molecule has 8 nitrogen and oxygen atoms in total. The van der Waals surface area contributed by atoms with Gasteiger partial charge in [0, 0.05) is 24.8 Å².